The molecule has 4 aromatic rings. The topological polar surface area (TPSA) is 55.1 Å². The number of fused-ring (bicyclic) bond motifs is 1. The average Bonchev–Trinajstić information content (AvgIpc) is 2.74. The van der Waals surface area contributed by atoms with Crippen molar-refractivity contribution in [3.05, 3.63) is 99.6 Å². The normalized spacial score (nSPS) is 11.4. The quantitative estimate of drug-likeness (QED) is 0.515. The zero-order valence-corrected chi connectivity index (χ0v) is 16.1. The Morgan fingerprint density at radius 1 is 0.967 bits per heavy atom. The van der Waals surface area contributed by atoms with Crippen molar-refractivity contribution < 1.29 is 13.9 Å². The summed E-state index contributed by atoms with van der Waals surface area (Å²) in [5, 5.41) is 10.7. The lowest BCUT2D eigenvalue weighted by molar-refractivity contribution is 0.467. The number of phenols is 1. The molecule has 0 unspecified atom stereocenters. The summed E-state index contributed by atoms with van der Waals surface area (Å²) in [5.41, 5.74) is 0.600. The first-order chi connectivity index (χ1) is 14.5. The van der Waals surface area contributed by atoms with E-state index in [0.29, 0.717) is 17.5 Å². The van der Waals surface area contributed by atoms with E-state index < -0.39 is 22.9 Å². The summed E-state index contributed by atoms with van der Waals surface area (Å²) in [6.45, 7) is 1.92. The lowest BCUT2D eigenvalue weighted by Gasteiger charge is -2.13. The molecular weight excluding hydrogens is 386 g/mol. The Bertz CT molecular complexity index is 1320. The Labute approximate surface area is 171 Å². The fourth-order valence-electron chi connectivity index (χ4n) is 3.38. The minimum Gasteiger partial charge on any atom is -0.507 e. The largest absolute Gasteiger partial charge is 0.507 e. The van der Waals surface area contributed by atoms with E-state index in [2.05, 4.69) is 4.98 Å². The average molecular weight is 404 g/mol. The number of benzene rings is 3. The minimum atomic E-state index is -0.875. The van der Waals surface area contributed by atoms with Gasteiger partial charge in [0.1, 0.15) is 28.9 Å². The van der Waals surface area contributed by atoms with E-state index >= 15 is 0 Å². The number of hydrogen-bond acceptors (Lipinski definition) is 3. The van der Waals surface area contributed by atoms with Crippen molar-refractivity contribution in [3.63, 3.8) is 0 Å². The number of hydrogen-bond donors (Lipinski definition) is 1. The van der Waals surface area contributed by atoms with Gasteiger partial charge < -0.3 is 5.11 Å². The maximum absolute atomic E-state index is 14.5. The predicted octanol–water partition coefficient (Wildman–Crippen LogP) is 5.10. The van der Waals surface area contributed by atoms with Crippen LogP contribution in [-0.2, 0) is 6.42 Å². The van der Waals surface area contributed by atoms with E-state index in [4.69, 9.17) is 0 Å². The molecule has 0 aliphatic carbocycles. The molecule has 1 N–H and O–H groups in total. The number of phenolic OH excluding ortho intramolecular Hbond substituents is 1. The van der Waals surface area contributed by atoms with Gasteiger partial charge in [-0.15, -0.1) is 0 Å². The molecule has 30 heavy (non-hydrogen) atoms. The molecule has 0 atom stereocenters. The summed E-state index contributed by atoms with van der Waals surface area (Å²) in [6, 6.07) is 15.3. The Kier molecular flexibility index (Phi) is 5.14. The Balaban J connectivity index is 1.99. The predicted molar refractivity (Wildman–Crippen MR) is 114 cm³/mol. The van der Waals surface area contributed by atoms with Crippen molar-refractivity contribution in [1.29, 1.82) is 0 Å². The number of halogens is 2. The summed E-state index contributed by atoms with van der Waals surface area (Å²) in [6.07, 6.45) is 3.68. The Morgan fingerprint density at radius 3 is 2.40 bits per heavy atom. The summed E-state index contributed by atoms with van der Waals surface area (Å²) < 4.78 is 30.0. The molecule has 4 nitrogen and oxygen atoms in total. The molecule has 1 aromatic heterocycles. The summed E-state index contributed by atoms with van der Waals surface area (Å²) >= 11 is 0. The molecule has 0 spiro atoms. The smallest absolute Gasteiger partial charge is 0.266 e. The van der Waals surface area contributed by atoms with Crippen LogP contribution in [0.5, 0.6) is 5.75 Å². The highest BCUT2D eigenvalue weighted by molar-refractivity contribution is 5.80. The molecule has 150 valence electrons. The lowest BCUT2D eigenvalue weighted by atomic mass is 10.1. The molecule has 0 radical (unpaired) electrons. The van der Waals surface area contributed by atoms with Gasteiger partial charge in [0.05, 0.1) is 10.9 Å². The molecule has 3 aromatic carbocycles. The van der Waals surface area contributed by atoms with Gasteiger partial charge >= 0.3 is 0 Å². The van der Waals surface area contributed by atoms with Crippen LogP contribution >= 0.6 is 0 Å². The van der Waals surface area contributed by atoms with Gasteiger partial charge in [0, 0.05) is 5.56 Å². The van der Waals surface area contributed by atoms with Crippen LogP contribution in [0.15, 0.2) is 65.5 Å². The van der Waals surface area contributed by atoms with E-state index in [-0.39, 0.29) is 17.0 Å². The van der Waals surface area contributed by atoms with Crippen molar-refractivity contribution in [3.8, 4) is 11.4 Å². The zero-order chi connectivity index (χ0) is 21.3. The van der Waals surface area contributed by atoms with Gasteiger partial charge in [-0.25, -0.2) is 13.8 Å². The molecular formula is C24H18F2N2O2. The Morgan fingerprint density at radius 2 is 1.67 bits per heavy atom. The van der Waals surface area contributed by atoms with Crippen LogP contribution in [0.1, 0.15) is 23.9 Å². The molecule has 1 heterocycles. The van der Waals surface area contributed by atoms with Crippen molar-refractivity contribution in [2.45, 2.75) is 13.3 Å². The van der Waals surface area contributed by atoms with Gasteiger partial charge in [-0.2, -0.15) is 0 Å². The van der Waals surface area contributed by atoms with Crippen LogP contribution in [0.4, 0.5) is 8.78 Å². The molecule has 0 amide bonds. The first-order valence-electron chi connectivity index (χ1n) is 9.46. The van der Waals surface area contributed by atoms with Gasteiger partial charge in [-0.05, 0) is 48.4 Å². The van der Waals surface area contributed by atoms with Gasteiger partial charge in [0.15, 0.2) is 0 Å². The van der Waals surface area contributed by atoms with Crippen molar-refractivity contribution in [2.75, 3.05) is 0 Å². The van der Waals surface area contributed by atoms with E-state index in [1.807, 2.05) is 13.0 Å². The first-order valence-corrected chi connectivity index (χ1v) is 9.46. The fraction of sp³-hybridized carbons (Fsp3) is 0.0833. The summed E-state index contributed by atoms with van der Waals surface area (Å²) in [7, 11) is 0. The number of aromatic nitrogens is 2. The molecule has 0 aliphatic heterocycles. The van der Waals surface area contributed by atoms with Crippen LogP contribution in [-0.4, -0.2) is 14.7 Å². The zero-order valence-electron chi connectivity index (χ0n) is 16.1. The lowest BCUT2D eigenvalue weighted by Crippen LogP contribution is -2.24. The second kappa shape index (κ2) is 7.91. The van der Waals surface area contributed by atoms with Crippen LogP contribution in [0, 0.1) is 11.6 Å². The summed E-state index contributed by atoms with van der Waals surface area (Å²) in [4.78, 5) is 17.6. The molecule has 0 fully saturated rings. The molecule has 0 bridgehead atoms. The van der Waals surface area contributed by atoms with E-state index in [0.717, 1.165) is 22.3 Å². The Hall–Kier alpha value is -3.80. The van der Waals surface area contributed by atoms with E-state index in [1.54, 1.807) is 42.5 Å². The second-order valence-corrected chi connectivity index (χ2v) is 6.74. The van der Waals surface area contributed by atoms with E-state index in [1.165, 1.54) is 12.1 Å². The molecule has 0 saturated carbocycles. The SMILES string of the molecule is CCc1cccc(/C=C/c2nc3ccccc3c(=O)n2-c2c(F)cccc2F)c1O. The third-order valence-electron chi connectivity index (χ3n) is 4.91. The number of nitrogens with zero attached hydrogens (tertiary/aromatic N) is 2. The van der Waals surface area contributed by atoms with Crippen LogP contribution < -0.4 is 5.56 Å². The molecule has 0 saturated heterocycles. The number of aryl methyl sites for hydroxylation is 1. The maximum atomic E-state index is 14.5. The van der Waals surface area contributed by atoms with Crippen molar-refractivity contribution in [2.24, 2.45) is 0 Å². The number of rotatable bonds is 4. The molecule has 0 aliphatic rings. The standard InChI is InChI=1S/C24H18F2N2O2/c1-2-15-7-5-8-16(23(15)29)13-14-21-27-20-12-4-3-9-17(20)24(30)28(21)22-18(25)10-6-11-19(22)26/h3-14,29H,2H2,1H3/b14-13+. The minimum absolute atomic E-state index is 0.0454. The molecule has 4 rings (SSSR count). The van der Waals surface area contributed by atoms with Crippen LogP contribution in [0.3, 0.4) is 0 Å². The molecule has 6 heteroatoms. The highest BCUT2D eigenvalue weighted by atomic mass is 19.1. The van der Waals surface area contributed by atoms with Crippen molar-refractivity contribution >= 4 is 23.1 Å². The van der Waals surface area contributed by atoms with E-state index in [9.17, 15) is 18.7 Å². The first kappa shape index (κ1) is 19.5. The number of aromatic hydroxyl groups is 1. The van der Waals surface area contributed by atoms with Gasteiger partial charge in [-0.1, -0.05) is 43.3 Å². The monoisotopic (exact) mass is 404 g/mol. The van der Waals surface area contributed by atoms with Crippen LogP contribution in [0.2, 0.25) is 0 Å². The van der Waals surface area contributed by atoms with Crippen molar-refractivity contribution in [1.82, 2.24) is 9.55 Å². The highest BCUT2D eigenvalue weighted by Crippen LogP contribution is 2.25. The number of para-hydroxylation sites is 3. The third-order valence-corrected chi connectivity index (χ3v) is 4.91. The third kappa shape index (κ3) is 3.37. The van der Waals surface area contributed by atoms with Crippen LogP contribution in [0.25, 0.3) is 28.7 Å². The fourth-order valence-corrected chi connectivity index (χ4v) is 3.38. The second-order valence-electron chi connectivity index (χ2n) is 6.74. The van der Waals surface area contributed by atoms with Gasteiger partial charge in [-0.3, -0.25) is 9.36 Å². The highest BCUT2D eigenvalue weighted by Gasteiger charge is 2.18. The summed E-state index contributed by atoms with van der Waals surface area (Å²) in [5.74, 6) is -1.59. The maximum Gasteiger partial charge on any atom is 0.266 e. The van der Waals surface area contributed by atoms with Gasteiger partial charge in [0.2, 0.25) is 0 Å². The van der Waals surface area contributed by atoms with Gasteiger partial charge in [0.25, 0.3) is 5.56 Å².